The molecule has 0 saturated carbocycles. The molecule has 10 heteroatoms. The lowest BCUT2D eigenvalue weighted by atomic mass is 9.97. The smallest absolute Gasteiger partial charge is 0.253 e. The fourth-order valence-corrected chi connectivity index (χ4v) is 5.86. The lowest BCUT2D eigenvalue weighted by Crippen LogP contribution is -2.41. The molecule has 2 aliphatic heterocycles. The molecule has 0 unspecified atom stereocenters. The summed E-state index contributed by atoms with van der Waals surface area (Å²) < 4.78 is 38.0. The van der Waals surface area contributed by atoms with E-state index in [1.54, 1.807) is 36.4 Å². The molecular weight excluding hydrogens is 470 g/mol. The standard InChI is InChI=1S/C25H31N3O6S/c1-33-19-8-10-21(11-9-19)35(31,32)28-14-12-18(13-15-28)24(29)27-23-7-3-2-6-22(23)25(30)26-17-20-5-4-16-34-20/h2-3,6-11,18,20H,4-5,12-17H2,1H3,(H,26,30)(H,27,29)/t20-/m0/s1. The molecule has 1 atom stereocenters. The van der Waals surface area contributed by atoms with Gasteiger partial charge in [-0.15, -0.1) is 0 Å². The number of sulfonamides is 1. The molecule has 2 saturated heterocycles. The van der Waals surface area contributed by atoms with Crippen molar-refractivity contribution >= 4 is 27.5 Å². The Bertz CT molecular complexity index is 1140. The fraction of sp³-hybridized carbons (Fsp3) is 0.440. The van der Waals surface area contributed by atoms with Crippen LogP contribution in [-0.2, 0) is 19.6 Å². The van der Waals surface area contributed by atoms with Crippen molar-refractivity contribution in [2.75, 3.05) is 38.7 Å². The van der Waals surface area contributed by atoms with Crippen molar-refractivity contribution in [3.63, 3.8) is 0 Å². The second-order valence-corrected chi connectivity index (χ2v) is 10.7. The van der Waals surface area contributed by atoms with E-state index in [1.165, 1.54) is 23.5 Å². The van der Waals surface area contributed by atoms with Gasteiger partial charge in [-0.25, -0.2) is 8.42 Å². The van der Waals surface area contributed by atoms with E-state index >= 15 is 0 Å². The number of carbonyl (C=O) groups excluding carboxylic acids is 2. The minimum absolute atomic E-state index is 0.0279. The van der Waals surface area contributed by atoms with Crippen LogP contribution < -0.4 is 15.4 Å². The number of benzene rings is 2. The van der Waals surface area contributed by atoms with Gasteiger partial charge in [-0.1, -0.05) is 12.1 Å². The molecule has 188 valence electrons. The summed E-state index contributed by atoms with van der Waals surface area (Å²) >= 11 is 0. The van der Waals surface area contributed by atoms with Crippen molar-refractivity contribution in [2.45, 2.75) is 36.7 Å². The van der Waals surface area contributed by atoms with Crippen LogP contribution in [0.1, 0.15) is 36.0 Å². The summed E-state index contributed by atoms with van der Waals surface area (Å²) in [7, 11) is -2.12. The van der Waals surface area contributed by atoms with Gasteiger partial charge in [-0.3, -0.25) is 9.59 Å². The Morgan fingerprint density at radius 1 is 1.06 bits per heavy atom. The van der Waals surface area contributed by atoms with Crippen LogP contribution in [0, 0.1) is 5.92 Å². The maximum atomic E-state index is 13.0. The molecule has 0 radical (unpaired) electrons. The van der Waals surface area contributed by atoms with Gasteiger partial charge >= 0.3 is 0 Å². The minimum Gasteiger partial charge on any atom is -0.497 e. The summed E-state index contributed by atoms with van der Waals surface area (Å²) in [4.78, 5) is 25.9. The maximum absolute atomic E-state index is 13.0. The zero-order valence-electron chi connectivity index (χ0n) is 19.7. The Hall–Kier alpha value is -2.95. The number of para-hydroxylation sites is 1. The number of nitrogens with one attached hydrogen (secondary N) is 2. The number of rotatable bonds is 8. The Morgan fingerprint density at radius 3 is 2.43 bits per heavy atom. The molecule has 0 aromatic heterocycles. The van der Waals surface area contributed by atoms with Crippen LogP contribution in [0.15, 0.2) is 53.4 Å². The third-order valence-electron chi connectivity index (χ3n) is 6.47. The summed E-state index contributed by atoms with van der Waals surface area (Å²) in [6.07, 6.45) is 2.74. The molecule has 2 aromatic carbocycles. The van der Waals surface area contributed by atoms with Gasteiger partial charge in [-0.2, -0.15) is 4.31 Å². The molecule has 2 aromatic rings. The Labute approximate surface area is 205 Å². The van der Waals surface area contributed by atoms with Crippen molar-refractivity contribution in [3.8, 4) is 5.75 Å². The molecule has 9 nitrogen and oxygen atoms in total. The van der Waals surface area contributed by atoms with Gasteiger partial charge in [0.1, 0.15) is 5.75 Å². The van der Waals surface area contributed by atoms with Gasteiger partial charge in [0, 0.05) is 32.2 Å². The van der Waals surface area contributed by atoms with Gasteiger partial charge < -0.3 is 20.1 Å². The number of anilines is 1. The zero-order chi connectivity index (χ0) is 24.8. The van der Waals surface area contributed by atoms with E-state index in [2.05, 4.69) is 10.6 Å². The highest BCUT2D eigenvalue weighted by Crippen LogP contribution is 2.26. The highest BCUT2D eigenvalue weighted by molar-refractivity contribution is 7.89. The quantitative estimate of drug-likeness (QED) is 0.575. The summed E-state index contributed by atoms with van der Waals surface area (Å²) in [5.41, 5.74) is 0.828. The van der Waals surface area contributed by atoms with Crippen LogP contribution in [-0.4, -0.2) is 64.0 Å². The maximum Gasteiger partial charge on any atom is 0.253 e. The second-order valence-electron chi connectivity index (χ2n) is 8.73. The summed E-state index contributed by atoms with van der Waals surface area (Å²) in [6, 6.07) is 13.1. The van der Waals surface area contributed by atoms with E-state index in [0.29, 0.717) is 43.0 Å². The number of carbonyl (C=O) groups is 2. The number of methoxy groups -OCH3 is 1. The van der Waals surface area contributed by atoms with Crippen molar-refractivity contribution < 1.29 is 27.5 Å². The van der Waals surface area contributed by atoms with E-state index in [0.717, 1.165) is 12.8 Å². The molecule has 2 heterocycles. The first-order valence-corrected chi connectivity index (χ1v) is 13.3. The Morgan fingerprint density at radius 2 is 1.77 bits per heavy atom. The summed E-state index contributed by atoms with van der Waals surface area (Å²) in [6.45, 7) is 1.64. The predicted molar refractivity (Wildman–Crippen MR) is 131 cm³/mol. The average Bonchev–Trinajstić information content (AvgIpc) is 3.41. The van der Waals surface area contributed by atoms with Gasteiger partial charge in [0.2, 0.25) is 15.9 Å². The molecule has 2 N–H and O–H groups in total. The summed E-state index contributed by atoms with van der Waals surface area (Å²) in [5, 5.41) is 5.76. The second kappa shape index (κ2) is 11.2. The Balaban J connectivity index is 1.34. The highest BCUT2D eigenvalue weighted by Gasteiger charge is 2.32. The first kappa shape index (κ1) is 25.2. The lowest BCUT2D eigenvalue weighted by Gasteiger charge is -2.30. The number of nitrogens with zero attached hydrogens (tertiary/aromatic N) is 1. The van der Waals surface area contributed by atoms with Crippen molar-refractivity contribution in [1.82, 2.24) is 9.62 Å². The van der Waals surface area contributed by atoms with Gasteiger partial charge in [0.15, 0.2) is 0 Å². The van der Waals surface area contributed by atoms with Gasteiger partial charge in [0.25, 0.3) is 5.91 Å². The van der Waals surface area contributed by atoms with Crippen LogP contribution in [0.4, 0.5) is 5.69 Å². The van der Waals surface area contributed by atoms with Gasteiger partial charge in [0.05, 0.1) is 29.4 Å². The highest BCUT2D eigenvalue weighted by atomic mass is 32.2. The zero-order valence-corrected chi connectivity index (χ0v) is 20.6. The number of amides is 2. The molecule has 2 amide bonds. The fourth-order valence-electron chi connectivity index (χ4n) is 4.39. The average molecular weight is 502 g/mol. The SMILES string of the molecule is COc1ccc(S(=O)(=O)N2CCC(C(=O)Nc3ccccc3C(=O)NC[C@@H]3CCCO3)CC2)cc1. The third kappa shape index (κ3) is 6.01. The van der Waals surface area contributed by atoms with Crippen LogP contribution in [0.25, 0.3) is 0 Å². The largest absolute Gasteiger partial charge is 0.497 e. The van der Waals surface area contributed by atoms with E-state index < -0.39 is 10.0 Å². The summed E-state index contributed by atoms with van der Waals surface area (Å²) in [5.74, 6) is -0.247. The number of piperidine rings is 1. The molecule has 2 aliphatic rings. The van der Waals surface area contributed by atoms with E-state index in [4.69, 9.17) is 9.47 Å². The molecule has 2 fully saturated rings. The van der Waals surface area contributed by atoms with Crippen LogP contribution >= 0.6 is 0 Å². The topological polar surface area (TPSA) is 114 Å². The van der Waals surface area contributed by atoms with Crippen molar-refractivity contribution in [2.24, 2.45) is 5.92 Å². The first-order chi connectivity index (χ1) is 16.9. The number of hydrogen-bond acceptors (Lipinski definition) is 6. The first-order valence-electron chi connectivity index (χ1n) is 11.8. The number of hydrogen-bond donors (Lipinski definition) is 2. The third-order valence-corrected chi connectivity index (χ3v) is 8.38. The van der Waals surface area contributed by atoms with Crippen molar-refractivity contribution in [3.05, 3.63) is 54.1 Å². The minimum atomic E-state index is -3.64. The normalized spacial score (nSPS) is 19.3. The van der Waals surface area contributed by atoms with Crippen LogP contribution in [0.3, 0.4) is 0 Å². The van der Waals surface area contributed by atoms with Gasteiger partial charge in [-0.05, 0) is 62.1 Å². The molecule has 35 heavy (non-hydrogen) atoms. The number of ether oxygens (including phenoxy) is 2. The van der Waals surface area contributed by atoms with Crippen molar-refractivity contribution in [1.29, 1.82) is 0 Å². The van der Waals surface area contributed by atoms with Crippen LogP contribution in [0.2, 0.25) is 0 Å². The lowest BCUT2D eigenvalue weighted by molar-refractivity contribution is -0.120. The van der Waals surface area contributed by atoms with Crippen LogP contribution in [0.5, 0.6) is 5.75 Å². The van der Waals surface area contributed by atoms with E-state index in [-0.39, 0.29) is 41.8 Å². The monoisotopic (exact) mass is 501 g/mol. The predicted octanol–water partition coefficient (Wildman–Crippen LogP) is 2.64. The molecule has 0 bridgehead atoms. The Kier molecular flexibility index (Phi) is 8.04. The molecule has 0 aliphatic carbocycles. The molecular formula is C25H31N3O6S. The van der Waals surface area contributed by atoms with E-state index in [9.17, 15) is 18.0 Å². The molecule has 4 rings (SSSR count). The van der Waals surface area contributed by atoms with E-state index in [1.807, 2.05) is 0 Å². The molecule has 0 spiro atoms.